The maximum absolute atomic E-state index is 14.3. The largest absolute Gasteiger partial charge is 0.463 e. The predicted molar refractivity (Wildman–Crippen MR) is 131 cm³/mol. The van der Waals surface area contributed by atoms with E-state index in [2.05, 4.69) is 14.9 Å². The first-order valence-corrected chi connectivity index (χ1v) is 13.6. The van der Waals surface area contributed by atoms with E-state index in [0.29, 0.717) is 74.9 Å². The SMILES string of the molecule is COC1COCCC1C[C@@H]1C[C@H]2CN(C3=NCCO3)C[C@@]2(C(=O)N2CCc3ncc(C(F)(F)F)cc3C2)C1. The van der Waals surface area contributed by atoms with Crippen molar-refractivity contribution >= 4 is 11.9 Å². The first-order chi connectivity index (χ1) is 18.3. The normalized spacial score (nSPS) is 33.1. The lowest BCUT2D eigenvalue weighted by atomic mass is 9.78. The number of hydrogen-bond donors (Lipinski definition) is 0. The second kappa shape index (κ2) is 9.97. The zero-order valence-corrected chi connectivity index (χ0v) is 21.7. The highest BCUT2D eigenvalue weighted by molar-refractivity contribution is 5.86. The Kier molecular flexibility index (Phi) is 6.78. The van der Waals surface area contributed by atoms with Gasteiger partial charge in [0.1, 0.15) is 6.61 Å². The Balaban J connectivity index is 1.23. The van der Waals surface area contributed by atoms with E-state index in [1.807, 2.05) is 0 Å². The van der Waals surface area contributed by atoms with Crippen molar-refractivity contribution in [2.75, 3.05) is 53.1 Å². The Bertz CT molecular complexity index is 1100. The highest BCUT2D eigenvalue weighted by atomic mass is 19.4. The van der Waals surface area contributed by atoms with E-state index in [1.165, 1.54) is 0 Å². The number of hydrogen-bond acceptors (Lipinski definition) is 7. The van der Waals surface area contributed by atoms with E-state index in [1.54, 1.807) is 12.0 Å². The molecule has 2 unspecified atom stereocenters. The van der Waals surface area contributed by atoms with E-state index in [4.69, 9.17) is 14.2 Å². The van der Waals surface area contributed by atoms with Gasteiger partial charge in [-0.05, 0) is 55.1 Å². The predicted octanol–water partition coefficient (Wildman–Crippen LogP) is 3.14. The van der Waals surface area contributed by atoms with Crippen LogP contribution in [0.25, 0.3) is 0 Å². The number of alkyl halides is 3. The molecule has 4 aliphatic heterocycles. The lowest BCUT2D eigenvalue weighted by molar-refractivity contribution is -0.144. The summed E-state index contributed by atoms with van der Waals surface area (Å²) in [5.41, 5.74) is -0.229. The lowest BCUT2D eigenvalue weighted by Crippen LogP contribution is -2.49. The highest BCUT2D eigenvalue weighted by Gasteiger charge is 2.59. The zero-order chi connectivity index (χ0) is 26.5. The van der Waals surface area contributed by atoms with Crippen molar-refractivity contribution in [2.45, 2.75) is 50.9 Å². The van der Waals surface area contributed by atoms with E-state index in [-0.39, 0.29) is 24.5 Å². The molecule has 0 radical (unpaired) electrons. The molecule has 6 rings (SSSR count). The molecule has 0 N–H and O–H groups in total. The van der Waals surface area contributed by atoms with Crippen molar-refractivity contribution in [2.24, 2.45) is 28.2 Å². The third-order valence-electron chi connectivity index (χ3n) is 9.27. The molecule has 1 aromatic rings. The summed E-state index contributed by atoms with van der Waals surface area (Å²) in [4.78, 5) is 26.8. The standard InChI is InChI=1S/C27H35F3N4O4/c1-36-23-15-37-6-3-18(23)8-17-9-21-14-34(25-31-4-7-38-25)16-26(21,11-17)24(35)33-5-2-22-19(13-33)10-20(12-32-22)27(28,29)30/h10,12,17-18,21,23H,2-9,11,13-16H2,1H3/t17-,18?,21+,23?,26+/m1/s1. The number of carbonyl (C=O) groups is 1. The fourth-order valence-corrected chi connectivity index (χ4v) is 7.46. The lowest BCUT2D eigenvalue weighted by Gasteiger charge is -2.37. The maximum Gasteiger partial charge on any atom is 0.417 e. The van der Waals surface area contributed by atoms with Crippen LogP contribution >= 0.6 is 0 Å². The van der Waals surface area contributed by atoms with Crippen LogP contribution in [0.3, 0.4) is 0 Å². The van der Waals surface area contributed by atoms with Gasteiger partial charge in [-0.15, -0.1) is 0 Å². The number of amides is 1. The maximum atomic E-state index is 14.3. The Morgan fingerprint density at radius 1 is 1.32 bits per heavy atom. The van der Waals surface area contributed by atoms with Gasteiger partial charge in [-0.2, -0.15) is 13.2 Å². The van der Waals surface area contributed by atoms with Gasteiger partial charge >= 0.3 is 6.18 Å². The average Bonchev–Trinajstić information content (AvgIpc) is 3.63. The molecule has 5 heterocycles. The summed E-state index contributed by atoms with van der Waals surface area (Å²) < 4.78 is 57.1. The molecule has 5 atom stereocenters. The number of aliphatic imine (C=N–C) groups is 1. The van der Waals surface area contributed by atoms with Crippen LogP contribution in [0.2, 0.25) is 0 Å². The molecular weight excluding hydrogens is 501 g/mol. The summed E-state index contributed by atoms with van der Waals surface area (Å²) in [6.07, 6.45) is 0.609. The van der Waals surface area contributed by atoms with Crippen LogP contribution in [0.1, 0.15) is 42.5 Å². The van der Waals surface area contributed by atoms with Gasteiger partial charge in [0.05, 0.1) is 30.2 Å². The minimum absolute atomic E-state index is 0.0458. The zero-order valence-electron chi connectivity index (χ0n) is 21.7. The van der Waals surface area contributed by atoms with Gasteiger partial charge in [-0.25, -0.2) is 4.99 Å². The molecule has 1 aliphatic carbocycles. The van der Waals surface area contributed by atoms with Crippen LogP contribution in [-0.2, 0) is 38.1 Å². The van der Waals surface area contributed by atoms with Crippen LogP contribution in [0.15, 0.2) is 17.3 Å². The quantitative estimate of drug-likeness (QED) is 0.589. The van der Waals surface area contributed by atoms with Crippen LogP contribution in [0.4, 0.5) is 13.2 Å². The molecule has 1 amide bonds. The molecule has 1 saturated carbocycles. The van der Waals surface area contributed by atoms with Crippen LogP contribution < -0.4 is 0 Å². The van der Waals surface area contributed by atoms with Gasteiger partial charge in [0.2, 0.25) is 5.91 Å². The number of pyridine rings is 1. The summed E-state index contributed by atoms with van der Waals surface area (Å²) in [6.45, 7) is 4.40. The fourth-order valence-electron chi connectivity index (χ4n) is 7.46. The Hall–Kier alpha value is -2.40. The number of ether oxygens (including phenoxy) is 3. The van der Waals surface area contributed by atoms with E-state index in [0.717, 1.165) is 44.6 Å². The van der Waals surface area contributed by atoms with Crippen LogP contribution in [0.5, 0.6) is 0 Å². The van der Waals surface area contributed by atoms with Gasteiger partial charge in [0, 0.05) is 58.2 Å². The molecule has 0 spiro atoms. The van der Waals surface area contributed by atoms with E-state index >= 15 is 0 Å². The Labute approximate surface area is 220 Å². The van der Waals surface area contributed by atoms with Gasteiger partial charge in [-0.1, -0.05) is 0 Å². The number of aromatic nitrogens is 1. The smallest absolute Gasteiger partial charge is 0.417 e. The van der Waals surface area contributed by atoms with Crippen molar-refractivity contribution < 1.29 is 32.2 Å². The van der Waals surface area contributed by atoms with E-state index in [9.17, 15) is 18.0 Å². The summed E-state index contributed by atoms with van der Waals surface area (Å²) >= 11 is 0. The minimum atomic E-state index is -4.46. The molecule has 8 nitrogen and oxygen atoms in total. The molecule has 2 saturated heterocycles. The first-order valence-electron chi connectivity index (χ1n) is 13.6. The average molecular weight is 537 g/mol. The number of nitrogens with zero attached hydrogens (tertiary/aromatic N) is 4. The third-order valence-corrected chi connectivity index (χ3v) is 9.27. The third kappa shape index (κ3) is 4.65. The second-order valence-electron chi connectivity index (χ2n) is 11.5. The minimum Gasteiger partial charge on any atom is -0.463 e. The number of amidine groups is 1. The number of carbonyl (C=O) groups excluding carboxylic acids is 1. The number of fused-ring (bicyclic) bond motifs is 2. The summed E-state index contributed by atoms with van der Waals surface area (Å²) in [5.74, 6) is 0.976. The van der Waals surface area contributed by atoms with Crippen molar-refractivity contribution in [3.05, 3.63) is 29.1 Å². The van der Waals surface area contributed by atoms with Crippen molar-refractivity contribution in [1.82, 2.24) is 14.8 Å². The Morgan fingerprint density at radius 3 is 2.95 bits per heavy atom. The molecule has 1 aromatic heterocycles. The topological polar surface area (TPSA) is 76.5 Å². The number of rotatable bonds is 4. The van der Waals surface area contributed by atoms with Crippen LogP contribution in [-0.4, -0.2) is 85.9 Å². The summed E-state index contributed by atoms with van der Waals surface area (Å²) in [7, 11) is 1.73. The monoisotopic (exact) mass is 536 g/mol. The summed E-state index contributed by atoms with van der Waals surface area (Å²) in [6, 6.07) is 1.78. The van der Waals surface area contributed by atoms with Gasteiger partial charge in [-0.3, -0.25) is 9.78 Å². The molecule has 11 heteroatoms. The molecule has 0 aromatic carbocycles. The number of likely N-dealkylation sites (tertiary alicyclic amines) is 1. The highest BCUT2D eigenvalue weighted by Crippen LogP contribution is 2.55. The molecular formula is C27H35F3N4O4. The van der Waals surface area contributed by atoms with Crippen molar-refractivity contribution in [1.29, 1.82) is 0 Å². The number of methoxy groups -OCH3 is 1. The van der Waals surface area contributed by atoms with Crippen LogP contribution in [0, 0.1) is 23.2 Å². The molecule has 5 aliphatic rings. The van der Waals surface area contributed by atoms with Gasteiger partial charge < -0.3 is 24.0 Å². The van der Waals surface area contributed by atoms with Gasteiger partial charge in [0.15, 0.2) is 0 Å². The molecule has 38 heavy (non-hydrogen) atoms. The van der Waals surface area contributed by atoms with Crippen molar-refractivity contribution in [3.63, 3.8) is 0 Å². The molecule has 208 valence electrons. The Morgan fingerprint density at radius 2 is 2.18 bits per heavy atom. The van der Waals surface area contributed by atoms with Gasteiger partial charge in [0.25, 0.3) is 6.02 Å². The van der Waals surface area contributed by atoms with E-state index < -0.39 is 17.2 Å². The fraction of sp³-hybridized carbons (Fsp3) is 0.741. The number of halogens is 3. The first kappa shape index (κ1) is 25.9. The molecule has 3 fully saturated rings. The van der Waals surface area contributed by atoms with Crippen molar-refractivity contribution in [3.8, 4) is 0 Å². The molecule has 0 bridgehead atoms. The second-order valence-corrected chi connectivity index (χ2v) is 11.5. The summed E-state index contributed by atoms with van der Waals surface area (Å²) in [5, 5.41) is 0.